The maximum absolute atomic E-state index is 11.2. The van der Waals surface area contributed by atoms with Gasteiger partial charge in [0.25, 0.3) is 0 Å². The lowest BCUT2D eigenvalue weighted by Gasteiger charge is -2.25. The zero-order chi connectivity index (χ0) is 8.72. The molecular formula is C7H10N2O3. The van der Waals surface area contributed by atoms with E-state index < -0.39 is 6.03 Å². The second-order valence-corrected chi connectivity index (χ2v) is 3.21. The van der Waals surface area contributed by atoms with Crippen molar-refractivity contribution in [1.82, 2.24) is 9.96 Å². The van der Waals surface area contributed by atoms with Gasteiger partial charge < -0.3 is 9.69 Å². The van der Waals surface area contributed by atoms with E-state index in [1.807, 2.05) is 0 Å². The third kappa shape index (κ3) is 0.828. The summed E-state index contributed by atoms with van der Waals surface area (Å²) in [4.78, 5) is 23.1. The Labute approximate surface area is 69.5 Å². The van der Waals surface area contributed by atoms with E-state index in [1.54, 1.807) is 0 Å². The molecule has 2 atom stereocenters. The third-order valence-electron chi connectivity index (χ3n) is 2.55. The first-order valence-corrected chi connectivity index (χ1v) is 3.98. The molecule has 0 aromatic rings. The van der Waals surface area contributed by atoms with Crippen LogP contribution in [0.2, 0.25) is 0 Å². The quantitative estimate of drug-likeness (QED) is 0.439. The monoisotopic (exact) mass is 170 g/mol. The molecule has 0 radical (unpaired) electrons. The van der Waals surface area contributed by atoms with Crippen LogP contribution >= 0.6 is 0 Å². The minimum absolute atomic E-state index is 0.103. The summed E-state index contributed by atoms with van der Waals surface area (Å²) in [7, 11) is 0. The van der Waals surface area contributed by atoms with Crippen LogP contribution in [0.4, 0.5) is 4.79 Å². The van der Waals surface area contributed by atoms with E-state index >= 15 is 0 Å². The molecule has 0 aromatic heterocycles. The largest absolute Gasteiger partial charge is 0.344 e. The Hall–Kier alpha value is -1.10. The van der Waals surface area contributed by atoms with Crippen LogP contribution in [0.15, 0.2) is 0 Å². The van der Waals surface area contributed by atoms with E-state index in [9.17, 15) is 14.8 Å². The molecule has 2 saturated heterocycles. The van der Waals surface area contributed by atoms with Gasteiger partial charge in [-0.1, -0.05) is 0 Å². The topological polar surface area (TPSA) is 60.9 Å². The minimum atomic E-state index is -0.436. The maximum Gasteiger partial charge on any atom is 0.344 e. The van der Waals surface area contributed by atoms with Crippen LogP contribution < -0.4 is 0 Å². The Morgan fingerprint density at radius 2 is 2.25 bits per heavy atom. The lowest BCUT2D eigenvalue weighted by Crippen LogP contribution is -2.40. The van der Waals surface area contributed by atoms with Crippen molar-refractivity contribution in [3.05, 3.63) is 0 Å². The van der Waals surface area contributed by atoms with Gasteiger partial charge in [-0.05, 0) is 12.8 Å². The van der Waals surface area contributed by atoms with Crippen LogP contribution in [0.3, 0.4) is 0 Å². The molecule has 1 N–H and O–H groups in total. The standard InChI is InChI=1S/C7H10N2O3/c10-4-6-2-1-5-3-8(6)7(11)9(5)12/h4-6,12H,1-3H2/t5-,6+/m1/s1. The van der Waals surface area contributed by atoms with Gasteiger partial charge in [0.2, 0.25) is 0 Å². The Balaban J connectivity index is 2.22. The van der Waals surface area contributed by atoms with Crippen LogP contribution in [0.1, 0.15) is 12.8 Å². The minimum Gasteiger partial charge on any atom is -0.311 e. The van der Waals surface area contributed by atoms with Gasteiger partial charge in [0, 0.05) is 6.54 Å². The number of carbonyl (C=O) groups is 2. The third-order valence-corrected chi connectivity index (χ3v) is 2.55. The van der Waals surface area contributed by atoms with E-state index in [2.05, 4.69) is 0 Å². The summed E-state index contributed by atoms with van der Waals surface area (Å²) < 4.78 is 0. The molecule has 0 unspecified atom stereocenters. The van der Waals surface area contributed by atoms with Crippen LogP contribution in [-0.4, -0.2) is 46.1 Å². The summed E-state index contributed by atoms with van der Waals surface area (Å²) in [5, 5.41) is 9.95. The van der Waals surface area contributed by atoms with Crippen molar-refractivity contribution in [3.8, 4) is 0 Å². The molecule has 5 nitrogen and oxygen atoms in total. The normalized spacial score (nSPS) is 34.2. The van der Waals surface area contributed by atoms with Crippen molar-refractivity contribution < 1.29 is 14.8 Å². The molecule has 2 heterocycles. The van der Waals surface area contributed by atoms with Gasteiger partial charge in [0.1, 0.15) is 6.29 Å². The molecular weight excluding hydrogens is 160 g/mol. The van der Waals surface area contributed by atoms with Crippen LogP contribution in [-0.2, 0) is 4.79 Å². The number of rotatable bonds is 1. The summed E-state index contributed by atoms with van der Waals surface area (Å²) in [5.41, 5.74) is 0. The number of nitrogens with zero attached hydrogens (tertiary/aromatic N) is 2. The van der Waals surface area contributed by atoms with E-state index in [0.29, 0.717) is 19.4 Å². The first kappa shape index (κ1) is 7.54. The molecule has 0 spiro atoms. The van der Waals surface area contributed by atoms with Crippen molar-refractivity contribution in [2.45, 2.75) is 24.9 Å². The maximum atomic E-state index is 11.2. The molecule has 0 aliphatic carbocycles. The molecule has 5 heteroatoms. The number of fused-ring (bicyclic) bond motifs is 2. The van der Waals surface area contributed by atoms with Crippen LogP contribution in [0.25, 0.3) is 0 Å². The molecule has 2 aliphatic rings. The zero-order valence-electron chi connectivity index (χ0n) is 6.51. The van der Waals surface area contributed by atoms with Crippen LogP contribution in [0, 0.1) is 0 Å². The summed E-state index contributed by atoms with van der Waals surface area (Å²) in [5.74, 6) is 0. The predicted molar refractivity (Wildman–Crippen MR) is 38.6 cm³/mol. The molecule has 2 aliphatic heterocycles. The summed E-state index contributed by atoms with van der Waals surface area (Å²) >= 11 is 0. The Morgan fingerprint density at radius 3 is 2.92 bits per heavy atom. The fraction of sp³-hybridized carbons (Fsp3) is 0.714. The molecule has 2 amide bonds. The fourth-order valence-corrected chi connectivity index (χ4v) is 1.82. The highest BCUT2D eigenvalue weighted by Crippen LogP contribution is 2.27. The number of hydrogen-bond donors (Lipinski definition) is 1. The van der Waals surface area contributed by atoms with Gasteiger partial charge in [-0.25, -0.2) is 9.86 Å². The van der Waals surface area contributed by atoms with E-state index in [0.717, 1.165) is 11.3 Å². The lowest BCUT2D eigenvalue weighted by atomic mass is 10.0. The summed E-state index contributed by atoms with van der Waals surface area (Å²) in [6.45, 7) is 0.485. The molecule has 66 valence electrons. The second-order valence-electron chi connectivity index (χ2n) is 3.21. The number of hydrogen-bond acceptors (Lipinski definition) is 3. The smallest absolute Gasteiger partial charge is 0.311 e. The first-order chi connectivity index (χ1) is 5.74. The fourth-order valence-electron chi connectivity index (χ4n) is 1.82. The number of piperidine rings is 1. The van der Waals surface area contributed by atoms with Crippen molar-refractivity contribution >= 4 is 12.3 Å². The molecule has 2 rings (SSSR count). The first-order valence-electron chi connectivity index (χ1n) is 3.98. The van der Waals surface area contributed by atoms with E-state index in [4.69, 9.17) is 0 Å². The molecule has 2 bridgehead atoms. The van der Waals surface area contributed by atoms with Crippen molar-refractivity contribution in [2.24, 2.45) is 0 Å². The van der Waals surface area contributed by atoms with Crippen molar-refractivity contribution in [3.63, 3.8) is 0 Å². The number of aldehydes is 1. The number of hydroxylamine groups is 2. The van der Waals surface area contributed by atoms with Gasteiger partial charge in [-0.3, -0.25) is 5.21 Å². The van der Waals surface area contributed by atoms with Gasteiger partial charge in [0.05, 0.1) is 12.1 Å². The molecule has 12 heavy (non-hydrogen) atoms. The van der Waals surface area contributed by atoms with Gasteiger partial charge >= 0.3 is 6.03 Å². The number of carbonyl (C=O) groups excluding carboxylic acids is 2. The Kier molecular flexibility index (Phi) is 1.54. The Morgan fingerprint density at radius 1 is 1.50 bits per heavy atom. The van der Waals surface area contributed by atoms with E-state index in [-0.39, 0.29) is 12.1 Å². The van der Waals surface area contributed by atoms with Gasteiger partial charge in [0.15, 0.2) is 0 Å². The molecule has 2 fully saturated rings. The number of amides is 2. The zero-order valence-corrected chi connectivity index (χ0v) is 6.51. The van der Waals surface area contributed by atoms with Crippen molar-refractivity contribution in [2.75, 3.05) is 6.54 Å². The Bertz CT molecular complexity index is 231. The number of urea groups is 1. The highest BCUT2D eigenvalue weighted by Gasteiger charge is 2.43. The van der Waals surface area contributed by atoms with Gasteiger partial charge in [-0.2, -0.15) is 0 Å². The second kappa shape index (κ2) is 2.45. The molecule has 0 aromatic carbocycles. The highest BCUT2D eigenvalue weighted by molar-refractivity contribution is 5.80. The lowest BCUT2D eigenvalue weighted by molar-refractivity contribution is -0.112. The van der Waals surface area contributed by atoms with Crippen molar-refractivity contribution in [1.29, 1.82) is 0 Å². The highest BCUT2D eigenvalue weighted by atomic mass is 16.5. The van der Waals surface area contributed by atoms with Crippen LogP contribution in [0.5, 0.6) is 0 Å². The van der Waals surface area contributed by atoms with Gasteiger partial charge in [-0.15, -0.1) is 0 Å². The average molecular weight is 170 g/mol. The SMILES string of the molecule is O=C[C@@H]1CC[C@@H]2CN1C(=O)N2O. The molecule has 0 saturated carbocycles. The van der Waals surface area contributed by atoms with E-state index in [1.165, 1.54) is 4.90 Å². The predicted octanol–water partition coefficient (Wildman–Crippen LogP) is -0.157. The summed E-state index contributed by atoms with van der Waals surface area (Å²) in [6.07, 6.45) is 2.15. The average Bonchev–Trinajstić information content (AvgIpc) is 2.33. The summed E-state index contributed by atoms with van der Waals surface area (Å²) in [6, 6.07) is -0.866.